The number of ether oxygens (including phenoxy) is 1. The number of para-hydroxylation sites is 1. The van der Waals surface area contributed by atoms with E-state index >= 15 is 0 Å². The van der Waals surface area contributed by atoms with Gasteiger partial charge in [-0.05, 0) is 55.6 Å². The van der Waals surface area contributed by atoms with Gasteiger partial charge < -0.3 is 14.5 Å². The predicted octanol–water partition coefficient (Wildman–Crippen LogP) is 2.71. The van der Waals surface area contributed by atoms with Crippen molar-refractivity contribution in [2.75, 3.05) is 37.6 Å². The Morgan fingerprint density at radius 3 is 2.76 bits per heavy atom. The number of carbonyl (C=O) groups excluding carboxylic acids is 1. The van der Waals surface area contributed by atoms with Crippen molar-refractivity contribution in [2.45, 2.75) is 45.1 Å². The van der Waals surface area contributed by atoms with Crippen LogP contribution in [0, 0.1) is 23.2 Å². The van der Waals surface area contributed by atoms with E-state index in [1.165, 1.54) is 30.5 Å². The van der Waals surface area contributed by atoms with Gasteiger partial charge in [0.05, 0.1) is 32.7 Å². The molecule has 1 aromatic carbocycles. The molecule has 0 radical (unpaired) electrons. The lowest BCUT2D eigenvalue weighted by molar-refractivity contribution is -0.903. The molecule has 5 atom stereocenters. The van der Waals surface area contributed by atoms with Gasteiger partial charge >= 0.3 is 5.97 Å². The highest BCUT2D eigenvalue weighted by atomic mass is 16.6. The summed E-state index contributed by atoms with van der Waals surface area (Å²) in [6.45, 7) is 12.1. The summed E-state index contributed by atoms with van der Waals surface area (Å²) in [6, 6.07) is 10.7. The molecule has 2 aliphatic carbocycles. The van der Waals surface area contributed by atoms with Crippen LogP contribution in [0.4, 0.5) is 5.69 Å². The highest BCUT2D eigenvalue weighted by Gasteiger charge is 2.56. The molecule has 0 bridgehead atoms. The summed E-state index contributed by atoms with van der Waals surface area (Å²) in [5, 5.41) is 0. The number of carbonyl (C=O) groups is 1. The summed E-state index contributed by atoms with van der Waals surface area (Å²) < 4.78 is 5.97. The first-order valence-electron chi connectivity index (χ1n) is 11.6. The lowest BCUT2D eigenvalue weighted by Crippen LogP contribution is -3.15. The van der Waals surface area contributed by atoms with Crippen LogP contribution in [0.25, 0.3) is 0 Å². The van der Waals surface area contributed by atoms with Gasteiger partial charge in [-0.2, -0.15) is 0 Å². The largest absolute Gasteiger partial charge is 0.462 e. The Morgan fingerprint density at radius 1 is 1.24 bits per heavy atom. The Labute approximate surface area is 174 Å². The molecule has 0 amide bonds. The normalized spacial score (nSPS) is 37.8. The molecule has 4 nitrogen and oxygen atoms in total. The van der Waals surface area contributed by atoms with Gasteiger partial charge in [-0.3, -0.25) is 4.79 Å². The minimum absolute atomic E-state index is 0.0749. The lowest BCUT2D eigenvalue weighted by Gasteiger charge is -2.50. The van der Waals surface area contributed by atoms with Crippen LogP contribution in [0.3, 0.4) is 0 Å². The lowest BCUT2D eigenvalue weighted by atomic mass is 9.55. The van der Waals surface area contributed by atoms with Gasteiger partial charge in [0.1, 0.15) is 12.0 Å². The molecule has 0 spiro atoms. The minimum Gasteiger partial charge on any atom is -0.462 e. The number of allylic oxidation sites excluding steroid dienone is 1. The molecule has 5 rings (SSSR count). The molecule has 4 fully saturated rings. The van der Waals surface area contributed by atoms with E-state index in [1.54, 1.807) is 4.90 Å². The first-order chi connectivity index (χ1) is 14.0. The molecular formula is C25H35N2O2+. The number of piperazine rings is 1. The maximum Gasteiger partial charge on any atom is 0.315 e. The quantitative estimate of drug-likeness (QED) is 0.631. The van der Waals surface area contributed by atoms with Crippen LogP contribution in [-0.2, 0) is 9.53 Å². The number of quaternary nitrogens is 1. The van der Waals surface area contributed by atoms with Crippen molar-refractivity contribution >= 4 is 11.7 Å². The van der Waals surface area contributed by atoms with E-state index in [0.717, 1.165) is 45.6 Å². The van der Waals surface area contributed by atoms with E-state index in [2.05, 4.69) is 48.7 Å². The van der Waals surface area contributed by atoms with Crippen molar-refractivity contribution in [1.82, 2.24) is 0 Å². The Hall–Kier alpha value is -1.81. The molecule has 1 N–H and O–H groups in total. The number of esters is 1. The monoisotopic (exact) mass is 395 g/mol. The van der Waals surface area contributed by atoms with E-state index in [4.69, 9.17) is 4.74 Å². The second-order valence-electron chi connectivity index (χ2n) is 10.2. The average molecular weight is 396 g/mol. The van der Waals surface area contributed by atoms with Crippen LogP contribution < -0.4 is 9.80 Å². The van der Waals surface area contributed by atoms with Crippen LogP contribution in [0.5, 0.6) is 0 Å². The summed E-state index contributed by atoms with van der Waals surface area (Å²) in [5.74, 6) is 1.14. The molecule has 0 aromatic heterocycles. The molecule has 2 saturated carbocycles. The number of nitrogens with one attached hydrogen (secondary N) is 1. The molecule has 1 aromatic rings. The second-order valence-corrected chi connectivity index (χ2v) is 10.2. The SMILES string of the molecule is C=C1CCC[C@@]2(C)C[C@H]3OC(=O)[C@@H](C[NH+]4CCN(c5ccccc5)CC4)[C@@H]3C[C@@H]12. The topological polar surface area (TPSA) is 34.0 Å². The van der Waals surface area contributed by atoms with Gasteiger partial charge in [-0.25, -0.2) is 0 Å². The van der Waals surface area contributed by atoms with Crippen molar-refractivity contribution in [3.63, 3.8) is 0 Å². The first kappa shape index (κ1) is 19.2. The van der Waals surface area contributed by atoms with E-state index in [9.17, 15) is 4.79 Å². The van der Waals surface area contributed by atoms with Gasteiger partial charge in [0.2, 0.25) is 0 Å². The number of fused-ring (bicyclic) bond motifs is 2. The molecular weight excluding hydrogens is 360 g/mol. The van der Waals surface area contributed by atoms with Crippen LogP contribution >= 0.6 is 0 Å². The van der Waals surface area contributed by atoms with E-state index in [1.807, 2.05) is 0 Å². The van der Waals surface area contributed by atoms with Crippen molar-refractivity contribution < 1.29 is 14.4 Å². The Morgan fingerprint density at radius 2 is 2.00 bits per heavy atom. The molecule has 4 heteroatoms. The van der Waals surface area contributed by atoms with Crippen molar-refractivity contribution in [2.24, 2.45) is 23.2 Å². The summed E-state index contributed by atoms with van der Waals surface area (Å²) in [4.78, 5) is 16.9. The predicted molar refractivity (Wildman–Crippen MR) is 115 cm³/mol. The molecule has 2 heterocycles. The number of benzene rings is 1. The van der Waals surface area contributed by atoms with Crippen LogP contribution in [0.1, 0.15) is 39.0 Å². The third-order valence-corrected chi connectivity index (χ3v) is 8.42. The summed E-state index contributed by atoms with van der Waals surface area (Å²) in [6.07, 6.45) is 5.97. The molecule has 2 saturated heterocycles. The summed E-state index contributed by atoms with van der Waals surface area (Å²) in [5.41, 5.74) is 3.04. The highest BCUT2D eigenvalue weighted by Crippen LogP contribution is 2.56. The van der Waals surface area contributed by atoms with Gasteiger partial charge in [0.25, 0.3) is 0 Å². The van der Waals surface area contributed by atoms with Gasteiger partial charge in [-0.15, -0.1) is 0 Å². The number of hydrogen-bond donors (Lipinski definition) is 1. The minimum atomic E-state index is 0.0749. The third kappa shape index (κ3) is 3.50. The van der Waals surface area contributed by atoms with Crippen LogP contribution in [0.2, 0.25) is 0 Å². The fourth-order valence-corrected chi connectivity index (χ4v) is 6.72. The van der Waals surface area contributed by atoms with Crippen molar-refractivity contribution in [3.8, 4) is 0 Å². The fourth-order valence-electron chi connectivity index (χ4n) is 6.72. The Kier molecular flexibility index (Phi) is 4.93. The number of hydrogen-bond acceptors (Lipinski definition) is 3. The average Bonchev–Trinajstić information content (AvgIpc) is 3.01. The van der Waals surface area contributed by atoms with Crippen LogP contribution in [0.15, 0.2) is 42.5 Å². The molecule has 0 unspecified atom stereocenters. The van der Waals surface area contributed by atoms with Crippen LogP contribution in [-0.4, -0.2) is 44.8 Å². The first-order valence-corrected chi connectivity index (χ1v) is 11.6. The summed E-state index contributed by atoms with van der Waals surface area (Å²) >= 11 is 0. The van der Waals surface area contributed by atoms with Gasteiger partial charge in [0, 0.05) is 11.6 Å². The standard InChI is InChI=1S/C25H34N2O2/c1-18-7-6-10-25(2)16-23-20(15-22(18)25)21(24(28)29-23)17-26-11-13-27(14-12-26)19-8-4-3-5-9-19/h3-5,8-9,20-23H,1,6-7,10-17H2,2H3/p+1/t20-,21-,22-,23+,25-/m0/s1. The summed E-state index contributed by atoms with van der Waals surface area (Å²) in [7, 11) is 0. The number of anilines is 1. The fraction of sp³-hybridized carbons (Fsp3) is 0.640. The zero-order chi connectivity index (χ0) is 20.0. The zero-order valence-electron chi connectivity index (χ0n) is 17.7. The van der Waals surface area contributed by atoms with E-state index in [0.29, 0.717) is 17.3 Å². The van der Waals surface area contributed by atoms with E-state index < -0.39 is 0 Å². The Balaban J connectivity index is 1.23. The van der Waals surface area contributed by atoms with Gasteiger partial charge in [0.15, 0.2) is 0 Å². The molecule has 4 aliphatic rings. The van der Waals surface area contributed by atoms with Gasteiger partial charge in [-0.1, -0.05) is 37.3 Å². The number of rotatable bonds is 3. The van der Waals surface area contributed by atoms with E-state index in [-0.39, 0.29) is 18.0 Å². The Bertz CT molecular complexity index is 770. The zero-order valence-corrected chi connectivity index (χ0v) is 17.7. The maximum atomic E-state index is 12.8. The smallest absolute Gasteiger partial charge is 0.315 e. The second kappa shape index (κ2) is 7.46. The molecule has 156 valence electrons. The number of nitrogens with zero attached hydrogens (tertiary/aromatic N) is 1. The third-order valence-electron chi connectivity index (χ3n) is 8.42. The van der Waals surface area contributed by atoms with Crippen molar-refractivity contribution in [1.29, 1.82) is 0 Å². The maximum absolute atomic E-state index is 12.8. The molecule has 2 aliphatic heterocycles. The van der Waals surface area contributed by atoms with Crippen molar-refractivity contribution in [3.05, 3.63) is 42.5 Å². The molecule has 29 heavy (non-hydrogen) atoms. The highest BCUT2D eigenvalue weighted by molar-refractivity contribution is 5.75.